The lowest BCUT2D eigenvalue weighted by atomic mass is 10.1. The molecule has 0 fully saturated rings. The van der Waals surface area contributed by atoms with Gasteiger partial charge in [-0.1, -0.05) is 18.2 Å². The highest BCUT2D eigenvalue weighted by molar-refractivity contribution is 5.89. The average Bonchev–Trinajstić information content (AvgIpc) is 2.76. The second kappa shape index (κ2) is 11.2. The molecule has 1 amide bonds. The van der Waals surface area contributed by atoms with E-state index in [9.17, 15) is 19.7 Å². The molecule has 0 radical (unpaired) electrons. The SMILES string of the molecule is COc1ccc(CCNC(=O)COC(=O)C=Cc2cccc([N+](=O)[O-])c2)cc1OC. The second-order valence-electron chi connectivity index (χ2n) is 6.08. The number of carbonyl (C=O) groups is 2. The average molecular weight is 414 g/mol. The summed E-state index contributed by atoms with van der Waals surface area (Å²) in [5.74, 6) is 0.0604. The van der Waals surface area contributed by atoms with Crippen LogP contribution in [0.1, 0.15) is 11.1 Å². The van der Waals surface area contributed by atoms with E-state index in [4.69, 9.17) is 14.2 Å². The van der Waals surface area contributed by atoms with Crippen molar-refractivity contribution < 1.29 is 28.7 Å². The Morgan fingerprint density at radius 3 is 2.57 bits per heavy atom. The van der Waals surface area contributed by atoms with Crippen LogP contribution in [0.25, 0.3) is 6.08 Å². The molecule has 2 aromatic carbocycles. The highest BCUT2D eigenvalue weighted by Gasteiger charge is 2.08. The van der Waals surface area contributed by atoms with Crippen molar-refractivity contribution in [2.75, 3.05) is 27.4 Å². The molecule has 158 valence electrons. The molecule has 0 atom stereocenters. The van der Waals surface area contributed by atoms with Crippen LogP contribution in [0, 0.1) is 10.1 Å². The number of esters is 1. The lowest BCUT2D eigenvalue weighted by molar-refractivity contribution is -0.384. The summed E-state index contributed by atoms with van der Waals surface area (Å²) in [4.78, 5) is 33.8. The quantitative estimate of drug-likeness (QED) is 0.275. The number of nitrogens with one attached hydrogen (secondary N) is 1. The largest absolute Gasteiger partial charge is 0.493 e. The van der Waals surface area contributed by atoms with E-state index in [1.807, 2.05) is 12.1 Å². The fraction of sp³-hybridized carbons (Fsp3) is 0.238. The molecule has 0 saturated carbocycles. The number of hydrogen-bond donors (Lipinski definition) is 1. The van der Waals surface area contributed by atoms with Crippen LogP contribution in [0.5, 0.6) is 11.5 Å². The van der Waals surface area contributed by atoms with Gasteiger partial charge in [0.25, 0.3) is 11.6 Å². The fourth-order valence-electron chi connectivity index (χ4n) is 2.52. The van der Waals surface area contributed by atoms with Crippen molar-refractivity contribution in [3.8, 4) is 11.5 Å². The number of benzene rings is 2. The summed E-state index contributed by atoms with van der Waals surface area (Å²) >= 11 is 0. The van der Waals surface area contributed by atoms with E-state index in [1.165, 1.54) is 24.3 Å². The minimum Gasteiger partial charge on any atom is -0.493 e. The third kappa shape index (κ3) is 6.93. The van der Waals surface area contributed by atoms with Crippen molar-refractivity contribution in [2.45, 2.75) is 6.42 Å². The second-order valence-corrected chi connectivity index (χ2v) is 6.08. The predicted molar refractivity (Wildman–Crippen MR) is 109 cm³/mol. The van der Waals surface area contributed by atoms with Crippen molar-refractivity contribution in [1.82, 2.24) is 5.32 Å². The van der Waals surface area contributed by atoms with Crippen LogP contribution >= 0.6 is 0 Å². The van der Waals surface area contributed by atoms with Gasteiger partial charge in [-0.3, -0.25) is 14.9 Å². The molecule has 0 aliphatic heterocycles. The number of nitro groups is 1. The molecule has 2 aromatic rings. The first kappa shape index (κ1) is 22.4. The summed E-state index contributed by atoms with van der Waals surface area (Å²) in [6, 6.07) is 11.3. The Labute approximate surface area is 173 Å². The van der Waals surface area contributed by atoms with Gasteiger partial charge in [0.15, 0.2) is 18.1 Å². The zero-order chi connectivity index (χ0) is 21.9. The molecule has 0 aliphatic rings. The van der Waals surface area contributed by atoms with Gasteiger partial charge in [-0.15, -0.1) is 0 Å². The molecule has 0 saturated heterocycles. The Balaban J connectivity index is 1.74. The fourth-order valence-corrected chi connectivity index (χ4v) is 2.52. The predicted octanol–water partition coefficient (Wildman–Crippen LogP) is 2.53. The van der Waals surface area contributed by atoms with Crippen LogP contribution in [0.2, 0.25) is 0 Å². The van der Waals surface area contributed by atoms with E-state index in [0.717, 1.165) is 11.6 Å². The summed E-state index contributed by atoms with van der Waals surface area (Å²) in [5.41, 5.74) is 1.34. The minimum absolute atomic E-state index is 0.0839. The smallest absolute Gasteiger partial charge is 0.331 e. The molecule has 9 heteroatoms. The maximum absolute atomic E-state index is 11.8. The lowest BCUT2D eigenvalue weighted by Crippen LogP contribution is -2.30. The zero-order valence-corrected chi connectivity index (χ0v) is 16.6. The molecule has 2 rings (SSSR count). The van der Waals surface area contributed by atoms with E-state index in [2.05, 4.69) is 5.32 Å². The molecule has 0 unspecified atom stereocenters. The number of hydrogen-bond acceptors (Lipinski definition) is 7. The van der Waals surface area contributed by atoms with Gasteiger partial charge in [0, 0.05) is 24.8 Å². The van der Waals surface area contributed by atoms with Gasteiger partial charge < -0.3 is 19.5 Å². The van der Waals surface area contributed by atoms with E-state index < -0.39 is 23.4 Å². The van der Waals surface area contributed by atoms with E-state index in [-0.39, 0.29) is 5.69 Å². The maximum Gasteiger partial charge on any atom is 0.331 e. The normalized spacial score (nSPS) is 10.5. The summed E-state index contributed by atoms with van der Waals surface area (Å²) < 4.78 is 15.3. The zero-order valence-electron chi connectivity index (χ0n) is 16.6. The van der Waals surface area contributed by atoms with E-state index in [1.54, 1.807) is 26.4 Å². The number of methoxy groups -OCH3 is 2. The molecule has 0 spiro atoms. The van der Waals surface area contributed by atoms with Crippen LogP contribution in [0.15, 0.2) is 48.5 Å². The number of ether oxygens (including phenoxy) is 3. The summed E-state index contributed by atoms with van der Waals surface area (Å²) in [6.07, 6.45) is 3.05. The standard InChI is InChI=1S/C21H22N2O7/c1-28-18-8-6-16(13-19(18)29-2)10-11-22-20(24)14-30-21(25)9-7-15-4-3-5-17(12-15)23(26)27/h3-9,12-13H,10-11,14H2,1-2H3,(H,22,24). The highest BCUT2D eigenvalue weighted by atomic mass is 16.6. The first-order chi connectivity index (χ1) is 14.4. The van der Waals surface area contributed by atoms with Gasteiger partial charge in [0.1, 0.15) is 0 Å². The highest BCUT2D eigenvalue weighted by Crippen LogP contribution is 2.27. The molecule has 0 aliphatic carbocycles. The van der Waals surface area contributed by atoms with Gasteiger partial charge in [-0.05, 0) is 35.8 Å². The summed E-state index contributed by atoms with van der Waals surface area (Å²) in [6.45, 7) is -0.0700. The minimum atomic E-state index is -0.725. The van der Waals surface area contributed by atoms with Gasteiger partial charge in [-0.2, -0.15) is 0 Å². The van der Waals surface area contributed by atoms with E-state index >= 15 is 0 Å². The third-order valence-electron chi connectivity index (χ3n) is 4.02. The van der Waals surface area contributed by atoms with Crippen molar-refractivity contribution in [3.05, 3.63) is 69.8 Å². The monoisotopic (exact) mass is 414 g/mol. The van der Waals surface area contributed by atoms with Crippen LogP contribution in [-0.2, 0) is 20.7 Å². The van der Waals surface area contributed by atoms with Gasteiger partial charge >= 0.3 is 5.97 Å². The van der Waals surface area contributed by atoms with Crippen molar-refractivity contribution in [3.63, 3.8) is 0 Å². The summed E-state index contributed by atoms with van der Waals surface area (Å²) in [7, 11) is 3.10. The van der Waals surface area contributed by atoms with Gasteiger partial charge in [0.2, 0.25) is 0 Å². The summed E-state index contributed by atoms with van der Waals surface area (Å²) in [5, 5.41) is 13.4. The van der Waals surface area contributed by atoms with E-state index in [0.29, 0.717) is 30.0 Å². The Morgan fingerprint density at radius 2 is 1.87 bits per heavy atom. The Bertz CT molecular complexity index is 941. The van der Waals surface area contributed by atoms with Crippen molar-refractivity contribution in [1.29, 1.82) is 0 Å². The number of nitrogens with zero attached hydrogens (tertiary/aromatic N) is 1. The first-order valence-corrected chi connectivity index (χ1v) is 9.00. The number of amides is 1. The number of non-ortho nitro benzene ring substituents is 1. The molecule has 0 heterocycles. The molecule has 1 N–H and O–H groups in total. The van der Waals surface area contributed by atoms with Crippen LogP contribution in [0.3, 0.4) is 0 Å². The molecule has 0 bridgehead atoms. The van der Waals surface area contributed by atoms with Crippen LogP contribution in [-0.4, -0.2) is 44.2 Å². The maximum atomic E-state index is 11.8. The van der Waals surface area contributed by atoms with Crippen LogP contribution in [0.4, 0.5) is 5.69 Å². The van der Waals surface area contributed by atoms with Crippen molar-refractivity contribution in [2.24, 2.45) is 0 Å². The third-order valence-corrected chi connectivity index (χ3v) is 4.02. The molecule has 0 aromatic heterocycles. The Kier molecular flexibility index (Phi) is 8.37. The van der Waals surface area contributed by atoms with Crippen LogP contribution < -0.4 is 14.8 Å². The molecular weight excluding hydrogens is 392 g/mol. The van der Waals surface area contributed by atoms with Gasteiger partial charge in [-0.25, -0.2) is 4.79 Å². The topological polar surface area (TPSA) is 117 Å². The Morgan fingerprint density at radius 1 is 1.10 bits per heavy atom. The Hall–Kier alpha value is -3.88. The molecule has 30 heavy (non-hydrogen) atoms. The number of carbonyl (C=O) groups excluding carboxylic acids is 2. The van der Waals surface area contributed by atoms with Crippen molar-refractivity contribution >= 4 is 23.6 Å². The molecule has 9 nitrogen and oxygen atoms in total. The first-order valence-electron chi connectivity index (χ1n) is 9.00. The van der Waals surface area contributed by atoms with Gasteiger partial charge in [0.05, 0.1) is 19.1 Å². The lowest BCUT2D eigenvalue weighted by Gasteiger charge is -2.10. The molecular formula is C21H22N2O7. The number of rotatable bonds is 10. The number of nitro benzene ring substituents is 1.